The number of aryl methyl sites for hydroxylation is 1. The lowest BCUT2D eigenvalue weighted by atomic mass is 10.1. The molecule has 4 aromatic rings. The molecule has 37 heavy (non-hydrogen) atoms. The Hall–Kier alpha value is -3.89. The molecule has 9 nitrogen and oxygen atoms in total. The smallest absolute Gasteiger partial charge is 0.251 e. The Morgan fingerprint density at radius 3 is 2.92 bits per heavy atom. The largest absolute Gasteiger partial charge is 0.376 e. The number of amides is 1. The maximum atomic E-state index is 12.8. The zero-order chi connectivity index (χ0) is 25.4. The Labute approximate surface area is 214 Å². The van der Waals surface area contributed by atoms with Crippen molar-refractivity contribution < 1.29 is 17.9 Å². The van der Waals surface area contributed by atoms with Crippen LogP contribution in [0.25, 0.3) is 10.9 Å². The summed E-state index contributed by atoms with van der Waals surface area (Å²) >= 11 is 0. The fourth-order valence-electron chi connectivity index (χ4n) is 4.76. The molecule has 0 radical (unpaired) electrons. The van der Waals surface area contributed by atoms with Gasteiger partial charge in [-0.15, -0.1) is 0 Å². The van der Waals surface area contributed by atoms with Crippen LogP contribution in [0.3, 0.4) is 0 Å². The maximum Gasteiger partial charge on any atom is 0.251 e. The summed E-state index contributed by atoms with van der Waals surface area (Å²) in [6.07, 6.45) is 5.58. The molecule has 0 spiro atoms. The minimum atomic E-state index is -3.49. The van der Waals surface area contributed by atoms with Gasteiger partial charge in [0.05, 0.1) is 41.6 Å². The number of benzene rings is 1. The first kappa shape index (κ1) is 23.5. The number of ether oxygens (including phenoxy) is 1. The predicted octanol–water partition coefficient (Wildman–Crippen LogP) is 3.34. The molecule has 1 amide bonds. The molecule has 0 saturated carbocycles. The second-order valence-electron chi connectivity index (χ2n) is 9.16. The lowest BCUT2D eigenvalue weighted by Crippen LogP contribution is -2.26. The molecule has 5 heterocycles. The van der Waals surface area contributed by atoms with Gasteiger partial charge in [0.25, 0.3) is 5.91 Å². The summed E-state index contributed by atoms with van der Waals surface area (Å²) in [5, 5.41) is 3.74. The highest BCUT2D eigenvalue weighted by atomic mass is 32.2. The van der Waals surface area contributed by atoms with Gasteiger partial charge in [-0.25, -0.2) is 18.4 Å². The van der Waals surface area contributed by atoms with Crippen LogP contribution in [0.2, 0.25) is 0 Å². The Kier molecular flexibility index (Phi) is 6.05. The lowest BCUT2D eigenvalue weighted by molar-refractivity contribution is 0.0950. The first-order valence-electron chi connectivity index (χ1n) is 12.2. The van der Waals surface area contributed by atoms with Crippen LogP contribution in [-0.2, 0) is 34.1 Å². The van der Waals surface area contributed by atoms with Crippen LogP contribution in [0.5, 0.6) is 0 Å². The highest BCUT2D eigenvalue weighted by Crippen LogP contribution is 2.31. The molecule has 0 unspecified atom stereocenters. The van der Waals surface area contributed by atoms with Gasteiger partial charge in [0.15, 0.2) is 9.84 Å². The van der Waals surface area contributed by atoms with Crippen molar-refractivity contribution in [2.24, 2.45) is 0 Å². The van der Waals surface area contributed by atoms with Crippen LogP contribution in [-0.4, -0.2) is 48.2 Å². The van der Waals surface area contributed by atoms with Crippen LogP contribution < -0.4 is 10.2 Å². The van der Waals surface area contributed by atoms with E-state index in [9.17, 15) is 13.2 Å². The van der Waals surface area contributed by atoms with Crippen molar-refractivity contribution in [3.8, 4) is 0 Å². The number of aromatic nitrogens is 3. The highest BCUT2D eigenvalue weighted by molar-refractivity contribution is 7.91. The van der Waals surface area contributed by atoms with Crippen molar-refractivity contribution in [2.45, 2.75) is 30.9 Å². The van der Waals surface area contributed by atoms with Crippen LogP contribution in [0, 0.1) is 0 Å². The SMILES string of the molecule is O=C(NCc1cc2nc(N3CCCc4cccnc43)ccc2cn1)c1ccc2c(c1)S(=O)(=O)CCOC2. The maximum absolute atomic E-state index is 12.8. The third-order valence-electron chi connectivity index (χ3n) is 6.69. The van der Waals surface area contributed by atoms with E-state index in [-0.39, 0.29) is 41.9 Å². The molecule has 0 atom stereocenters. The van der Waals surface area contributed by atoms with Crippen molar-refractivity contribution >= 4 is 38.3 Å². The molecule has 2 aliphatic heterocycles. The second kappa shape index (κ2) is 9.53. The second-order valence-corrected chi connectivity index (χ2v) is 11.2. The van der Waals surface area contributed by atoms with Crippen molar-refractivity contribution in [1.29, 1.82) is 0 Å². The quantitative estimate of drug-likeness (QED) is 0.440. The molecule has 6 rings (SSSR count). The number of nitrogens with zero attached hydrogens (tertiary/aromatic N) is 4. The Morgan fingerprint density at radius 2 is 2.00 bits per heavy atom. The van der Waals surface area contributed by atoms with Gasteiger partial charge in [0, 0.05) is 29.9 Å². The lowest BCUT2D eigenvalue weighted by Gasteiger charge is -2.29. The van der Waals surface area contributed by atoms with Crippen LogP contribution in [0.15, 0.2) is 65.8 Å². The standard InChI is InChI=1S/C27H25N5O4S/c33-27(19-5-6-21-17-36-11-12-37(34,35)24(21)13-19)30-16-22-14-23-20(15-29-22)7-8-25(31-23)32-10-2-4-18-3-1-9-28-26(18)32/h1,3,5-9,13-15H,2,4,10-12,16-17H2,(H,30,33). The number of sulfone groups is 1. The number of hydrogen-bond donors (Lipinski definition) is 1. The number of pyridine rings is 3. The van der Waals surface area contributed by atoms with E-state index in [1.54, 1.807) is 24.5 Å². The van der Waals surface area contributed by atoms with Crippen LogP contribution >= 0.6 is 0 Å². The minimum Gasteiger partial charge on any atom is -0.376 e. The molecule has 3 aromatic heterocycles. The Morgan fingerprint density at radius 1 is 1.08 bits per heavy atom. The van der Waals surface area contributed by atoms with E-state index in [0.717, 1.165) is 41.9 Å². The van der Waals surface area contributed by atoms with E-state index >= 15 is 0 Å². The number of rotatable bonds is 4. The molecular weight excluding hydrogens is 490 g/mol. The average molecular weight is 516 g/mol. The fourth-order valence-corrected chi connectivity index (χ4v) is 6.15. The summed E-state index contributed by atoms with van der Waals surface area (Å²) < 4.78 is 30.5. The topological polar surface area (TPSA) is 114 Å². The number of carbonyl (C=O) groups is 1. The summed E-state index contributed by atoms with van der Waals surface area (Å²) in [5.74, 6) is 1.29. The summed E-state index contributed by atoms with van der Waals surface area (Å²) in [4.78, 5) is 29.1. The molecule has 10 heteroatoms. The zero-order valence-electron chi connectivity index (χ0n) is 20.1. The van der Waals surface area contributed by atoms with Crippen molar-refractivity contribution in [2.75, 3.05) is 23.8 Å². The van der Waals surface area contributed by atoms with E-state index in [1.807, 2.05) is 24.3 Å². The van der Waals surface area contributed by atoms with E-state index in [4.69, 9.17) is 9.72 Å². The van der Waals surface area contributed by atoms with E-state index < -0.39 is 9.84 Å². The molecule has 0 fully saturated rings. The minimum absolute atomic E-state index is 0.0971. The number of nitrogens with one attached hydrogen (secondary N) is 1. The highest BCUT2D eigenvalue weighted by Gasteiger charge is 2.24. The normalized spacial score (nSPS) is 16.5. The first-order chi connectivity index (χ1) is 18.0. The van der Waals surface area contributed by atoms with E-state index in [0.29, 0.717) is 11.3 Å². The number of fused-ring (bicyclic) bond motifs is 3. The van der Waals surface area contributed by atoms with Gasteiger partial charge in [-0.05, 0) is 60.4 Å². The Bertz CT molecular complexity index is 1620. The van der Waals surface area contributed by atoms with Crippen LogP contribution in [0.4, 0.5) is 11.6 Å². The van der Waals surface area contributed by atoms with Gasteiger partial charge < -0.3 is 15.0 Å². The van der Waals surface area contributed by atoms with E-state index in [1.165, 1.54) is 11.6 Å². The summed E-state index contributed by atoms with van der Waals surface area (Å²) in [5.41, 5.74) is 3.49. The predicted molar refractivity (Wildman–Crippen MR) is 138 cm³/mol. The molecule has 0 bridgehead atoms. The molecule has 1 aromatic carbocycles. The number of anilines is 2. The van der Waals surface area contributed by atoms with Gasteiger partial charge in [-0.1, -0.05) is 12.1 Å². The number of carbonyl (C=O) groups excluding carboxylic acids is 1. The molecule has 0 aliphatic carbocycles. The van der Waals surface area contributed by atoms with Gasteiger partial charge in [0.1, 0.15) is 11.6 Å². The zero-order valence-corrected chi connectivity index (χ0v) is 20.9. The van der Waals surface area contributed by atoms with Gasteiger partial charge in [-0.3, -0.25) is 9.78 Å². The van der Waals surface area contributed by atoms with Crippen molar-refractivity contribution in [1.82, 2.24) is 20.3 Å². The summed E-state index contributed by atoms with van der Waals surface area (Å²) in [7, 11) is -3.49. The third-order valence-corrected chi connectivity index (χ3v) is 8.45. The first-order valence-corrected chi connectivity index (χ1v) is 13.8. The molecule has 0 saturated heterocycles. The van der Waals surface area contributed by atoms with Crippen molar-refractivity contribution in [3.05, 3.63) is 83.3 Å². The summed E-state index contributed by atoms with van der Waals surface area (Å²) in [6.45, 7) is 1.38. The van der Waals surface area contributed by atoms with Crippen LogP contribution in [0.1, 0.15) is 33.6 Å². The molecule has 188 valence electrons. The molecular formula is C27H25N5O4S. The van der Waals surface area contributed by atoms with Gasteiger partial charge in [-0.2, -0.15) is 0 Å². The third kappa shape index (κ3) is 4.65. The average Bonchev–Trinajstić information content (AvgIpc) is 3.08. The molecule has 2 aliphatic rings. The van der Waals surface area contributed by atoms with E-state index in [2.05, 4.69) is 26.3 Å². The van der Waals surface area contributed by atoms with Gasteiger partial charge in [0.2, 0.25) is 0 Å². The monoisotopic (exact) mass is 515 g/mol. The van der Waals surface area contributed by atoms with Gasteiger partial charge >= 0.3 is 0 Å². The summed E-state index contributed by atoms with van der Waals surface area (Å²) in [6, 6.07) is 14.6. The van der Waals surface area contributed by atoms with Crippen molar-refractivity contribution in [3.63, 3.8) is 0 Å². The molecule has 1 N–H and O–H groups in total. The fraction of sp³-hybridized carbons (Fsp3) is 0.259. The Balaban J connectivity index is 1.22. The number of hydrogen-bond acceptors (Lipinski definition) is 8.